The van der Waals surface area contributed by atoms with Crippen molar-refractivity contribution in [3.63, 3.8) is 0 Å². The van der Waals surface area contributed by atoms with Gasteiger partial charge < -0.3 is 10.6 Å². The molecule has 90 valence electrons. The molecule has 1 fully saturated rings. The number of nitrogens with zero attached hydrogens (tertiary/aromatic N) is 4. The number of piperidine rings is 1. The van der Waals surface area contributed by atoms with Crippen molar-refractivity contribution in [2.24, 2.45) is 0 Å². The first kappa shape index (κ1) is 10.5. The number of hydrogen-bond acceptors (Lipinski definition) is 4. The zero-order chi connectivity index (χ0) is 11.8. The van der Waals surface area contributed by atoms with E-state index in [0.717, 1.165) is 18.0 Å². The van der Waals surface area contributed by atoms with Crippen LogP contribution >= 0.6 is 0 Å². The summed E-state index contributed by atoms with van der Waals surface area (Å²) in [7, 11) is 2.15. The van der Waals surface area contributed by atoms with Crippen molar-refractivity contribution in [2.45, 2.75) is 18.8 Å². The maximum atomic E-state index is 5.89. The second-order valence-electron chi connectivity index (χ2n) is 4.80. The van der Waals surface area contributed by atoms with Crippen molar-refractivity contribution in [3.05, 3.63) is 24.2 Å². The molecule has 2 aromatic heterocycles. The molecule has 3 rings (SSSR count). The summed E-state index contributed by atoms with van der Waals surface area (Å²) in [5.41, 5.74) is 7.36. The van der Waals surface area contributed by atoms with Crippen molar-refractivity contribution in [1.29, 1.82) is 0 Å². The van der Waals surface area contributed by atoms with E-state index in [9.17, 15) is 0 Å². The molecule has 5 heteroatoms. The van der Waals surface area contributed by atoms with Crippen LogP contribution in [0.4, 0.5) is 5.69 Å². The maximum absolute atomic E-state index is 5.89. The number of hydrogen-bond donors (Lipinski definition) is 1. The Morgan fingerprint density at radius 2 is 2.35 bits per heavy atom. The van der Waals surface area contributed by atoms with Gasteiger partial charge in [0.1, 0.15) is 0 Å². The maximum Gasteiger partial charge on any atom is 0.178 e. The van der Waals surface area contributed by atoms with Gasteiger partial charge in [0.15, 0.2) is 11.5 Å². The van der Waals surface area contributed by atoms with Gasteiger partial charge in [-0.05, 0) is 38.6 Å². The SMILES string of the molecule is CN1CCCC(c2nc3c(N)cccn3n2)C1. The van der Waals surface area contributed by atoms with Crippen LogP contribution in [0.3, 0.4) is 0 Å². The third-order valence-corrected chi connectivity index (χ3v) is 3.40. The van der Waals surface area contributed by atoms with Crippen molar-refractivity contribution in [3.8, 4) is 0 Å². The molecule has 3 heterocycles. The standard InChI is InChI=1S/C12H17N5/c1-16-6-2-4-9(8-16)11-14-12-10(13)5-3-7-17(12)15-11/h3,5,7,9H,2,4,6,8,13H2,1H3. The van der Waals surface area contributed by atoms with Crippen LogP contribution in [0.1, 0.15) is 24.6 Å². The van der Waals surface area contributed by atoms with Gasteiger partial charge in [0, 0.05) is 18.7 Å². The first-order valence-electron chi connectivity index (χ1n) is 6.03. The Labute approximate surface area is 100 Å². The summed E-state index contributed by atoms with van der Waals surface area (Å²) in [5, 5.41) is 4.53. The summed E-state index contributed by atoms with van der Waals surface area (Å²) in [6, 6.07) is 3.76. The van der Waals surface area contributed by atoms with Crippen LogP contribution in [0.25, 0.3) is 5.65 Å². The van der Waals surface area contributed by atoms with Crippen LogP contribution in [-0.4, -0.2) is 39.6 Å². The van der Waals surface area contributed by atoms with Crippen LogP contribution in [-0.2, 0) is 0 Å². The fraction of sp³-hybridized carbons (Fsp3) is 0.500. The Balaban J connectivity index is 1.97. The van der Waals surface area contributed by atoms with E-state index in [2.05, 4.69) is 22.0 Å². The predicted molar refractivity (Wildman–Crippen MR) is 66.9 cm³/mol. The molecule has 2 aromatic rings. The van der Waals surface area contributed by atoms with Crippen molar-refractivity contribution in [2.75, 3.05) is 25.9 Å². The zero-order valence-corrected chi connectivity index (χ0v) is 10.0. The Morgan fingerprint density at radius 1 is 1.47 bits per heavy atom. The second-order valence-corrected chi connectivity index (χ2v) is 4.80. The summed E-state index contributed by atoms with van der Waals surface area (Å²) >= 11 is 0. The van der Waals surface area contributed by atoms with E-state index in [-0.39, 0.29) is 0 Å². The summed E-state index contributed by atoms with van der Waals surface area (Å²) in [6.45, 7) is 2.21. The number of aromatic nitrogens is 3. The van der Waals surface area contributed by atoms with Crippen LogP contribution in [0.15, 0.2) is 18.3 Å². The Kier molecular flexibility index (Phi) is 2.48. The van der Waals surface area contributed by atoms with Gasteiger partial charge in [-0.3, -0.25) is 0 Å². The van der Waals surface area contributed by atoms with Gasteiger partial charge in [-0.25, -0.2) is 9.50 Å². The van der Waals surface area contributed by atoms with E-state index in [4.69, 9.17) is 5.73 Å². The van der Waals surface area contributed by atoms with E-state index >= 15 is 0 Å². The lowest BCUT2D eigenvalue weighted by atomic mass is 9.98. The highest BCUT2D eigenvalue weighted by molar-refractivity contribution is 5.63. The molecule has 1 saturated heterocycles. The summed E-state index contributed by atoms with van der Waals surface area (Å²) in [6.07, 6.45) is 4.28. The molecule has 0 saturated carbocycles. The number of anilines is 1. The topological polar surface area (TPSA) is 59.5 Å². The minimum absolute atomic E-state index is 0.438. The van der Waals surface area contributed by atoms with Gasteiger partial charge in [-0.2, -0.15) is 5.10 Å². The first-order chi connectivity index (χ1) is 8.24. The molecule has 1 unspecified atom stereocenters. The molecular weight excluding hydrogens is 214 g/mol. The molecule has 0 aliphatic carbocycles. The van der Waals surface area contributed by atoms with E-state index in [1.807, 2.05) is 18.3 Å². The number of nitrogen functional groups attached to an aromatic ring is 1. The summed E-state index contributed by atoms with van der Waals surface area (Å²) in [5.74, 6) is 1.36. The van der Waals surface area contributed by atoms with Gasteiger partial charge in [0.05, 0.1) is 5.69 Å². The molecule has 1 aliphatic rings. The molecule has 1 atom stereocenters. The van der Waals surface area contributed by atoms with Gasteiger partial charge in [-0.15, -0.1) is 0 Å². The molecule has 0 bridgehead atoms. The van der Waals surface area contributed by atoms with Crippen molar-refractivity contribution >= 4 is 11.3 Å². The Morgan fingerprint density at radius 3 is 3.12 bits per heavy atom. The van der Waals surface area contributed by atoms with Crippen LogP contribution < -0.4 is 5.73 Å². The van der Waals surface area contributed by atoms with Gasteiger partial charge >= 0.3 is 0 Å². The minimum Gasteiger partial charge on any atom is -0.396 e. The monoisotopic (exact) mass is 231 g/mol. The normalized spacial score (nSPS) is 22.1. The Hall–Kier alpha value is -1.62. The lowest BCUT2D eigenvalue weighted by Crippen LogP contribution is -2.31. The van der Waals surface area contributed by atoms with Crippen molar-refractivity contribution < 1.29 is 0 Å². The highest BCUT2D eigenvalue weighted by Crippen LogP contribution is 2.24. The molecule has 1 aliphatic heterocycles. The number of likely N-dealkylation sites (N-methyl/N-ethyl adjacent to an activating group) is 1. The Bertz CT molecular complexity index is 533. The van der Waals surface area contributed by atoms with Gasteiger partial charge in [-0.1, -0.05) is 0 Å². The van der Waals surface area contributed by atoms with E-state index in [0.29, 0.717) is 11.6 Å². The molecule has 17 heavy (non-hydrogen) atoms. The largest absolute Gasteiger partial charge is 0.396 e. The highest BCUT2D eigenvalue weighted by Gasteiger charge is 2.22. The van der Waals surface area contributed by atoms with E-state index < -0.39 is 0 Å². The molecule has 0 aromatic carbocycles. The van der Waals surface area contributed by atoms with Crippen LogP contribution in [0.2, 0.25) is 0 Å². The molecule has 0 amide bonds. The predicted octanol–water partition coefficient (Wildman–Crippen LogP) is 1.12. The second kappa shape index (κ2) is 4.00. The number of rotatable bonds is 1. The number of pyridine rings is 1. The zero-order valence-electron chi connectivity index (χ0n) is 10.0. The molecular formula is C12H17N5. The lowest BCUT2D eigenvalue weighted by Gasteiger charge is -2.27. The van der Waals surface area contributed by atoms with Crippen LogP contribution in [0.5, 0.6) is 0 Å². The number of fused-ring (bicyclic) bond motifs is 1. The third-order valence-electron chi connectivity index (χ3n) is 3.40. The van der Waals surface area contributed by atoms with Gasteiger partial charge in [0.25, 0.3) is 0 Å². The number of likely N-dealkylation sites (tertiary alicyclic amines) is 1. The first-order valence-corrected chi connectivity index (χ1v) is 6.03. The van der Waals surface area contributed by atoms with Gasteiger partial charge in [0.2, 0.25) is 0 Å². The van der Waals surface area contributed by atoms with E-state index in [1.54, 1.807) is 4.52 Å². The molecule has 0 spiro atoms. The fourth-order valence-electron chi connectivity index (χ4n) is 2.49. The minimum atomic E-state index is 0.438. The number of nitrogens with two attached hydrogens (primary N) is 1. The average Bonchev–Trinajstić information content (AvgIpc) is 2.74. The van der Waals surface area contributed by atoms with E-state index in [1.165, 1.54) is 19.4 Å². The van der Waals surface area contributed by atoms with Crippen molar-refractivity contribution in [1.82, 2.24) is 19.5 Å². The fourth-order valence-corrected chi connectivity index (χ4v) is 2.49. The lowest BCUT2D eigenvalue weighted by molar-refractivity contribution is 0.246. The summed E-state index contributed by atoms with van der Waals surface area (Å²) < 4.78 is 1.78. The highest BCUT2D eigenvalue weighted by atomic mass is 15.3. The molecule has 0 radical (unpaired) electrons. The quantitative estimate of drug-likeness (QED) is 0.799. The molecule has 5 nitrogen and oxygen atoms in total. The average molecular weight is 231 g/mol. The summed E-state index contributed by atoms with van der Waals surface area (Å²) in [4.78, 5) is 6.91. The smallest absolute Gasteiger partial charge is 0.178 e. The van der Waals surface area contributed by atoms with Crippen LogP contribution in [0, 0.1) is 0 Å². The molecule has 2 N–H and O–H groups in total. The third kappa shape index (κ3) is 1.86.